The highest BCUT2D eigenvalue weighted by Crippen LogP contribution is 2.33. The number of anilines is 2. The number of rotatable bonds is 4. The molecule has 0 aliphatic carbocycles. The van der Waals surface area contributed by atoms with Gasteiger partial charge in [0.15, 0.2) is 0 Å². The van der Waals surface area contributed by atoms with Gasteiger partial charge in [-0.05, 0) is 46.3 Å². The first-order chi connectivity index (χ1) is 11.5. The van der Waals surface area contributed by atoms with Gasteiger partial charge in [0, 0.05) is 6.20 Å². The van der Waals surface area contributed by atoms with E-state index >= 15 is 0 Å². The average molecular weight is 424 g/mol. The van der Waals surface area contributed by atoms with Crippen LogP contribution in [0.5, 0.6) is 0 Å². The molecule has 3 rings (SSSR count). The molecular formula is C17H12BrClN2O2S. The number of sulfonamides is 1. The van der Waals surface area contributed by atoms with Gasteiger partial charge in [-0.2, -0.15) is 0 Å². The van der Waals surface area contributed by atoms with Crippen molar-refractivity contribution in [1.29, 1.82) is 0 Å². The summed E-state index contributed by atoms with van der Waals surface area (Å²) >= 11 is 9.10. The number of para-hydroxylation sites is 2. The molecule has 0 bridgehead atoms. The zero-order valence-corrected chi connectivity index (χ0v) is 15.5. The lowest BCUT2D eigenvalue weighted by molar-refractivity contribution is 0.595. The SMILES string of the molecule is O=S(=O)(c1cnc(Cl)c(Br)c1)N(c1ccccc1)c1ccccc1. The Morgan fingerprint density at radius 1 is 0.917 bits per heavy atom. The van der Waals surface area contributed by atoms with Gasteiger partial charge in [-0.1, -0.05) is 48.0 Å². The van der Waals surface area contributed by atoms with E-state index in [0.29, 0.717) is 15.8 Å². The lowest BCUT2D eigenvalue weighted by Gasteiger charge is -2.24. The van der Waals surface area contributed by atoms with Gasteiger partial charge < -0.3 is 0 Å². The van der Waals surface area contributed by atoms with Gasteiger partial charge in [0.25, 0.3) is 10.0 Å². The summed E-state index contributed by atoms with van der Waals surface area (Å²) < 4.78 is 28.1. The van der Waals surface area contributed by atoms with Crippen molar-refractivity contribution in [3.05, 3.63) is 82.6 Å². The summed E-state index contributed by atoms with van der Waals surface area (Å²) in [5.74, 6) is 0. The Hall–Kier alpha value is -1.89. The number of hydrogen-bond acceptors (Lipinski definition) is 3. The Labute approximate surface area is 153 Å². The molecule has 0 radical (unpaired) electrons. The van der Waals surface area contributed by atoms with Gasteiger partial charge in [-0.3, -0.25) is 0 Å². The average Bonchev–Trinajstić information content (AvgIpc) is 2.59. The van der Waals surface area contributed by atoms with E-state index in [1.54, 1.807) is 48.5 Å². The van der Waals surface area contributed by atoms with Gasteiger partial charge in [-0.25, -0.2) is 17.7 Å². The number of hydrogen-bond donors (Lipinski definition) is 0. The molecule has 2 aromatic carbocycles. The molecule has 4 nitrogen and oxygen atoms in total. The molecule has 0 fully saturated rings. The fourth-order valence-corrected chi connectivity index (χ4v) is 4.27. The van der Waals surface area contributed by atoms with Crippen molar-refractivity contribution in [2.75, 3.05) is 4.31 Å². The molecule has 24 heavy (non-hydrogen) atoms. The van der Waals surface area contributed by atoms with Gasteiger partial charge in [0.1, 0.15) is 10.0 Å². The second-order valence-corrected chi connectivity index (χ2v) is 7.88. The number of pyridine rings is 1. The lowest BCUT2D eigenvalue weighted by atomic mass is 10.3. The topological polar surface area (TPSA) is 50.3 Å². The fraction of sp³-hybridized carbons (Fsp3) is 0. The molecule has 122 valence electrons. The van der Waals surface area contributed by atoms with Gasteiger partial charge in [-0.15, -0.1) is 0 Å². The van der Waals surface area contributed by atoms with Crippen molar-refractivity contribution in [1.82, 2.24) is 4.98 Å². The number of nitrogens with zero attached hydrogens (tertiary/aromatic N) is 2. The van der Waals surface area contributed by atoms with Crippen LogP contribution >= 0.6 is 27.5 Å². The van der Waals surface area contributed by atoms with Crippen LogP contribution < -0.4 is 4.31 Å². The first kappa shape index (κ1) is 17.0. The minimum atomic E-state index is -3.86. The smallest absolute Gasteiger partial charge is 0.242 e. The Morgan fingerprint density at radius 3 is 1.88 bits per heavy atom. The summed E-state index contributed by atoms with van der Waals surface area (Å²) in [4.78, 5) is 3.98. The fourth-order valence-electron chi connectivity index (χ4n) is 2.20. The second kappa shape index (κ2) is 6.93. The van der Waals surface area contributed by atoms with Crippen molar-refractivity contribution < 1.29 is 8.42 Å². The van der Waals surface area contributed by atoms with Crippen LogP contribution in [0, 0.1) is 0 Å². The molecule has 0 aliphatic rings. The normalized spacial score (nSPS) is 11.2. The molecule has 1 heterocycles. The first-order valence-corrected chi connectivity index (χ1v) is 9.58. The van der Waals surface area contributed by atoms with Gasteiger partial charge >= 0.3 is 0 Å². The number of benzene rings is 2. The third kappa shape index (κ3) is 3.31. The van der Waals surface area contributed by atoms with Crippen LogP contribution in [0.25, 0.3) is 0 Å². The zero-order chi connectivity index (χ0) is 17.2. The van der Waals surface area contributed by atoms with E-state index in [-0.39, 0.29) is 10.0 Å². The molecule has 0 unspecified atom stereocenters. The Morgan fingerprint density at radius 2 is 1.42 bits per heavy atom. The van der Waals surface area contributed by atoms with E-state index in [2.05, 4.69) is 20.9 Å². The molecule has 3 aromatic rings. The largest absolute Gasteiger partial charge is 0.270 e. The minimum Gasteiger partial charge on any atom is -0.242 e. The summed E-state index contributed by atoms with van der Waals surface area (Å²) in [5, 5.41) is 0.208. The number of aromatic nitrogens is 1. The van der Waals surface area contributed by atoms with Crippen LogP contribution in [0.15, 0.2) is 82.3 Å². The van der Waals surface area contributed by atoms with Crippen molar-refractivity contribution in [2.45, 2.75) is 4.90 Å². The predicted octanol–water partition coefficient (Wildman–Crippen LogP) is 5.02. The predicted molar refractivity (Wildman–Crippen MR) is 99.2 cm³/mol. The van der Waals surface area contributed by atoms with E-state index in [0.717, 1.165) is 0 Å². The van der Waals surface area contributed by atoms with Crippen molar-refractivity contribution in [3.8, 4) is 0 Å². The van der Waals surface area contributed by atoms with Crippen LogP contribution in [0.4, 0.5) is 11.4 Å². The maximum absolute atomic E-state index is 13.2. The highest BCUT2D eigenvalue weighted by atomic mass is 79.9. The summed E-state index contributed by atoms with van der Waals surface area (Å²) in [5.41, 5.74) is 1.07. The van der Waals surface area contributed by atoms with Gasteiger partial charge in [0.05, 0.1) is 15.8 Å². The summed E-state index contributed by atoms with van der Waals surface area (Å²) in [6.07, 6.45) is 1.25. The zero-order valence-electron chi connectivity index (χ0n) is 12.3. The van der Waals surface area contributed by atoms with Gasteiger partial charge in [0.2, 0.25) is 0 Å². The number of halogens is 2. The molecule has 0 spiro atoms. The standard InChI is InChI=1S/C17H12BrClN2O2S/c18-16-11-15(12-20-17(16)19)24(22,23)21(13-7-3-1-4-8-13)14-9-5-2-6-10-14/h1-12H. The molecule has 0 atom stereocenters. The van der Waals surface area contributed by atoms with E-state index < -0.39 is 10.0 Å². The summed E-state index contributed by atoms with van der Waals surface area (Å²) in [6, 6.07) is 19.2. The quantitative estimate of drug-likeness (QED) is 0.553. The molecule has 1 aromatic heterocycles. The summed E-state index contributed by atoms with van der Waals surface area (Å²) in [7, 11) is -3.86. The van der Waals surface area contributed by atoms with Crippen molar-refractivity contribution in [2.24, 2.45) is 0 Å². The maximum Gasteiger partial charge on any atom is 0.270 e. The molecule has 0 aliphatic heterocycles. The van der Waals surface area contributed by atoms with E-state index in [1.165, 1.54) is 16.6 Å². The van der Waals surface area contributed by atoms with E-state index in [4.69, 9.17) is 11.6 Å². The second-order valence-electron chi connectivity index (χ2n) is 4.88. The highest BCUT2D eigenvalue weighted by Gasteiger charge is 2.27. The summed E-state index contributed by atoms with van der Waals surface area (Å²) in [6.45, 7) is 0. The molecule has 7 heteroatoms. The Bertz CT molecular complexity index is 911. The van der Waals surface area contributed by atoms with Crippen LogP contribution in [-0.2, 0) is 10.0 Å². The minimum absolute atomic E-state index is 0.0477. The van der Waals surface area contributed by atoms with Crippen LogP contribution in [0.3, 0.4) is 0 Å². The highest BCUT2D eigenvalue weighted by molar-refractivity contribution is 9.10. The molecule has 0 N–H and O–H groups in total. The van der Waals surface area contributed by atoms with Crippen molar-refractivity contribution >= 4 is 48.9 Å². The van der Waals surface area contributed by atoms with E-state index in [1.807, 2.05) is 12.1 Å². The Balaban J connectivity index is 2.20. The monoisotopic (exact) mass is 422 g/mol. The molecular weight excluding hydrogens is 412 g/mol. The molecule has 0 saturated carbocycles. The Kier molecular flexibility index (Phi) is 4.89. The molecule has 0 saturated heterocycles. The third-order valence-corrected chi connectivity index (χ3v) is 6.15. The molecule has 0 amide bonds. The van der Waals surface area contributed by atoms with Crippen molar-refractivity contribution in [3.63, 3.8) is 0 Å². The lowest BCUT2D eigenvalue weighted by Crippen LogP contribution is -2.26. The maximum atomic E-state index is 13.2. The van der Waals surface area contributed by atoms with Crippen LogP contribution in [-0.4, -0.2) is 13.4 Å². The van der Waals surface area contributed by atoms with Crippen LogP contribution in [0.1, 0.15) is 0 Å². The van der Waals surface area contributed by atoms with E-state index in [9.17, 15) is 8.42 Å². The first-order valence-electron chi connectivity index (χ1n) is 6.96. The third-order valence-electron chi connectivity index (χ3n) is 3.29. The van der Waals surface area contributed by atoms with Crippen LogP contribution in [0.2, 0.25) is 5.15 Å².